The van der Waals surface area contributed by atoms with Crippen LogP contribution in [0.1, 0.15) is 23.6 Å². The molecule has 0 aliphatic carbocycles. The summed E-state index contributed by atoms with van der Waals surface area (Å²) in [5.41, 5.74) is -3.50. The molecule has 1 aliphatic rings. The predicted octanol–water partition coefficient (Wildman–Crippen LogP) is 5.60. The van der Waals surface area contributed by atoms with Gasteiger partial charge in [-0.2, -0.15) is 26.3 Å². The minimum atomic E-state index is -4.74. The third-order valence-electron chi connectivity index (χ3n) is 4.79. The number of carbonyl (C=O) groups excluding carboxylic acids is 2. The van der Waals surface area contributed by atoms with Gasteiger partial charge in [0.2, 0.25) is 0 Å². The monoisotopic (exact) mass is 455 g/mol. The van der Waals surface area contributed by atoms with Crippen LogP contribution in [0.15, 0.2) is 65.4 Å². The van der Waals surface area contributed by atoms with Crippen LogP contribution in [0.3, 0.4) is 0 Å². The van der Waals surface area contributed by atoms with Gasteiger partial charge in [-0.3, -0.25) is 9.69 Å². The zero-order valence-corrected chi connectivity index (χ0v) is 16.6. The van der Waals surface area contributed by atoms with Crippen molar-refractivity contribution in [2.75, 3.05) is 12.0 Å². The molecule has 0 N–H and O–H groups in total. The molecule has 1 aliphatic heterocycles. The lowest BCUT2D eigenvalue weighted by Crippen LogP contribution is -2.25. The van der Waals surface area contributed by atoms with E-state index in [1.54, 1.807) is 0 Å². The summed E-state index contributed by atoms with van der Waals surface area (Å²) in [5, 5.41) is 0. The fraction of sp³-hybridized carbons (Fsp3) is 0.182. The highest BCUT2D eigenvalue weighted by Crippen LogP contribution is 2.39. The third kappa shape index (κ3) is 4.25. The van der Waals surface area contributed by atoms with E-state index in [0.717, 1.165) is 42.4 Å². The number of benzene rings is 2. The third-order valence-corrected chi connectivity index (χ3v) is 4.79. The summed E-state index contributed by atoms with van der Waals surface area (Å²) in [5.74, 6) is -1.97. The summed E-state index contributed by atoms with van der Waals surface area (Å²) >= 11 is 0. The Morgan fingerprint density at radius 3 is 2.22 bits per heavy atom. The molecule has 3 rings (SSSR count). The number of nitrogens with zero attached hydrogens (tertiary/aromatic N) is 1. The highest BCUT2D eigenvalue weighted by atomic mass is 19.4. The molecular weight excluding hydrogens is 440 g/mol. The molecule has 0 saturated heterocycles. The van der Waals surface area contributed by atoms with Crippen molar-refractivity contribution >= 4 is 23.6 Å². The van der Waals surface area contributed by atoms with Gasteiger partial charge in [0, 0.05) is 11.4 Å². The van der Waals surface area contributed by atoms with Gasteiger partial charge in [-0.05, 0) is 42.8 Å². The van der Waals surface area contributed by atoms with Crippen molar-refractivity contribution in [3.05, 3.63) is 82.1 Å². The van der Waals surface area contributed by atoms with Crippen LogP contribution < -0.4 is 4.90 Å². The zero-order valence-electron chi connectivity index (χ0n) is 16.6. The first-order chi connectivity index (χ1) is 14.9. The van der Waals surface area contributed by atoms with Gasteiger partial charge in [-0.1, -0.05) is 24.3 Å². The number of hydrogen-bond donors (Lipinski definition) is 0. The number of ether oxygens (including phenoxy) is 1. The summed E-state index contributed by atoms with van der Waals surface area (Å²) in [7, 11) is 1.02. The lowest BCUT2D eigenvalue weighted by atomic mass is 10.00. The summed E-state index contributed by atoms with van der Waals surface area (Å²) in [6.45, 7) is 1.29. The van der Waals surface area contributed by atoms with Crippen molar-refractivity contribution < 1.29 is 40.7 Å². The molecule has 168 valence electrons. The second kappa shape index (κ2) is 8.18. The molecule has 0 bridgehead atoms. The molecule has 0 unspecified atom stereocenters. The number of rotatable bonds is 3. The van der Waals surface area contributed by atoms with Gasteiger partial charge in [0.15, 0.2) is 0 Å². The van der Waals surface area contributed by atoms with Gasteiger partial charge < -0.3 is 4.74 Å². The Kier molecular flexibility index (Phi) is 5.90. The Hall–Kier alpha value is -3.56. The Labute approximate surface area is 178 Å². The maximum atomic E-state index is 13.4. The molecule has 1 amide bonds. The van der Waals surface area contributed by atoms with E-state index in [-0.39, 0.29) is 22.5 Å². The van der Waals surface area contributed by atoms with E-state index in [1.807, 2.05) is 0 Å². The van der Waals surface area contributed by atoms with Crippen LogP contribution in [-0.4, -0.2) is 19.0 Å². The number of carbonyl (C=O) groups is 2. The number of alkyl halides is 6. The Morgan fingerprint density at radius 2 is 1.62 bits per heavy atom. The van der Waals surface area contributed by atoms with Crippen LogP contribution >= 0.6 is 0 Å². The number of halogens is 6. The molecule has 0 fully saturated rings. The second-order valence-corrected chi connectivity index (χ2v) is 6.78. The number of allylic oxidation sites excluding steroid dienone is 1. The minimum absolute atomic E-state index is 0.0723. The van der Waals surface area contributed by atoms with Crippen LogP contribution in [0.4, 0.5) is 32.0 Å². The smallest absolute Gasteiger partial charge is 0.416 e. The van der Waals surface area contributed by atoms with E-state index < -0.39 is 40.9 Å². The Bertz CT molecular complexity index is 1140. The second-order valence-electron chi connectivity index (χ2n) is 6.78. The molecule has 1 heterocycles. The van der Waals surface area contributed by atoms with Gasteiger partial charge in [0.05, 0.1) is 29.4 Å². The van der Waals surface area contributed by atoms with Gasteiger partial charge in [-0.15, -0.1) is 0 Å². The van der Waals surface area contributed by atoms with Gasteiger partial charge in [0.1, 0.15) is 0 Å². The maximum absolute atomic E-state index is 13.4. The highest BCUT2D eigenvalue weighted by Gasteiger charge is 2.40. The van der Waals surface area contributed by atoms with Crippen molar-refractivity contribution in [3.8, 4) is 0 Å². The number of amides is 1. The zero-order chi connectivity index (χ0) is 23.8. The molecule has 10 heteroatoms. The van der Waals surface area contributed by atoms with E-state index in [2.05, 4.69) is 4.74 Å². The molecule has 32 heavy (non-hydrogen) atoms. The predicted molar refractivity (Wildman–Crippen MR) is 103 cm³/mol. The van der Waals surface area contributed by atoms with Gasteiger partial charge >= 0.3 is 18.3 Å². The average molecular weight is 455 g/mol. The molecule has 2 aromatic rings. The fourth-order valence-corrected chi connectivity index (χ4v) is 3.35. The first-order valence-corrected chi connectivity index (χ1v) is 9.05. The lowest BCUT2D eigenvalue weighted by Gasteiger charge is -2.19. The van der Waals surface area contributed by atoms with Gasteiger partial charge in [-0.25, -0.2) is 4.79 Å². The Morgan fingerprint density at radius 1 is 0.969 bits per heavy atom. The standard InChI is InChI=1S/C22H15F6NO3/c1-12-18(20(31)32-2)16(10-13-6-3-4-9-17(13)22(26,27)28)19(30)29(12)15-8-5-7-14(11-15)21(23,24)25/h3-11H,1-2H3/b16-10-. The number of hydrogen-bond acceptors (Lipinski definition) is 3. The minimum Gasteiger partial charge on any atom is -0.465 e. The van der Waals surface area contributed by atoms with E-state index in [4.69, 9.17) is 0 Å². The first-order valence-electron chi connectivity index (χ1n) is 9.05. The summed E-state index contributed by atoms with van der Waals surface area (Å²) in [6, 6.07) is 8.22. The summed E-state index contributed by atoms with van der Waals surface area (Å²) in [4.78, 5) is 26.3. The molecule has 0 radical (unpaired) electrons. The van der Waals surface area contributed by atoms with Crippen LogP contribution in [0, 0.1) is 0 Å². The Balaban J connectivity index is 2.20. The summed E-state index contributed by atoms with van der Waals surface area (Å²) in [6.07, 6.45) is -8.54. The van der Waals surface area contributed by atoms with Crippen molar-refractivity contribution in [2.24, 2.45) is 0 Å². The van der Waals surface area contributed by atoms with Crippen LogP contribution in [0.2, 0.25) is 0 Å². The van der Waals surface area contributed by atoms with E-state index in [9.17, 15) is 35.9 Å². The fourth-order valence-electron chi connectivity index (χ4n) is 3.35. The number of methoxy groups -OCH3 is 1. The van der Waals surface area contributed by atoms with Crippen molar-refractivity contribution in [2.45, 2.75) is 19.3 Å². The first kappa shape index (κ1) is 23.1. The SMILES string of the molecule is COC(=O)C1=C(C)N(c2cccc(C(F)(F)F)c2)C(=O)/C1=C\c1ccccc1C(F)(F)F. The van der Waals surface area contributed by atoms with Crippen molar-refractivity contribution in [1.29, 1.82) is 0 Å². The van der Waals surface area contributed by atoms with E-state index in [1.165, 1.54) is 25.1 Å². The van der Waals surface area contributed by atoms with Crippen LogP contribution in [0.5, 0.6) is 0 Å². The maximum Gasteiger partial charge on any atom is 0.416 e. The molecule has 2 aromatic carbocycles. The molecule has 0 atom stereocenters. The number of anilines is 1. The van der Waals surface area contributed by atoms with E-state index in [0.29, 0.717) is 6.07 Å². The molecule has 0 spiro atoms. The lowest BCUT2D eigenvalue weighted by molar-refractivity contribution is -0.138. The average Bonchev–Trinajstić information content (AvgIpc) is 2.96. The largest absolute Gasteiger partial charge is 0.465 e. The van der Waals surface area contributed by atoms with Crippen molar-refractivity contribution in [3.63, 3.8) is 0 Å². The van der Waals surface area contributed by atoms with Crippen LogP contribution in [-0.2, 0) is 26.7 Å². The van der Waals surface area contributed by atoms with Crippen LogP contribution in [0.25, 0.3) is 6.08 Å². The van der Waals surface area contributed by atoms with E-state index >= 15 is 0 Å². The molecular formula is C22H15F6NO3. The quantitative estimate of drug-likeness (QED) is 0.344. The molecule has 4 nitrogen and oxygen atoms in total. The highest BCUT2D eigenvalue weighted by molar-refractivity contribution is 6.23. The van der Waals surface area contributed by atoms with Gasteiger partial charge in [0.25, 0.3) is 5.91 Å². The molecule has 0 saturated carbocycles. The number of esters is 1. The normalized spacial score (nSPS) is 16.2. The van der Waals surface area contributed by atoms with Crippen molar-refractivity contribution in [1.82, 2.24) is 0 Å². The topological polar surface area (TPSA) is 46.6 Å². The summed E-state index contributed by atoms with van der Waals surface area (Å²) < 4.78 is 84.2. The molecule has 0 aromatic heterocycles.